The van der Waals surface area contributed by atoms with Crippen LogP contribution in [0.5, 0.6) is 5.75 Å². The van der Waals surface area contributed by atoms with Crippen molar-refractivity contribution in [2.45, 2.75) is 30.7 Å². The number of rotatable bonds is 4. The van der Waals surface area contributed by atoms with E-state index < -0.39 is 48.7 Å². The SMILES string of the molecule is O=C(O)c1cc(=O)c2cccc(O[C@@H]3O[C@H](CO)[C@@H](O)[C@H](O)[C@H]3O)c2[nH]1. The van der Waals surface area contributed by atoms with Crippen molar-refractivity contribution in [2.75, 3.05) is 6.61 Å². The summed E-state index contributed by atoms with van der Waals surface area (Å²) in [5.74, 6) is -1.35. The molecule has 3 rings (SSSR count). The van der Waals surface area contributed by atoms with Gasteiger partial charge in [-0.25, -0.2) is 4.79 Å². The van der Waals surface area contributed by atoms with Gasteiger partial charge >= 0.3 is 5.97 Å². The zero-order valence-corrected chi connectivity index (χ0v) is 13.3. The van der Waals surface area contributed by atoms with E-state index in [1.807, 2.05) is 0 Å². The van der Waals surface area contributed by atoms with Gasteiger partial charge in [-0.05, 0) is 12.1 Å². The molecule has 0 unspecified atom stereocenters. The van der Waals surface area contributed by atoms with E-state index in [1.165, 1.54) is 18.2 Å². The summed E-state index contributed by atoms with van der Waals surface area (Å²) in [4.78, 5) is 25.8. The largest absolute Gasteiger partial charge is 0.477 e. The quantitative estimate of drug-likeness (QED) is 0.373. The zero-order valence-electron chi connectivity index (χ0n) is 13.3. The molecule has 1 saturated heterocycles. The lowest BCUT2D eigenvalue weighted by Crippen LogP contribution is -2.60. The van der Waals surface area contributed by atoms with Crippen molar-refractivity contribution in [1.29, 1.82) is 0 Å². The van der Waals surface area contributed by atoms with Crippen LogP contribution in [0.25, 0.3) is 10.9 Å². The Hall–Kier alpha value is -2.50. The van der Waals surface area contributed by atoms with Gasteiger partial charge < -0.3 is 40.0 Å². The molecule has 1 aliphatic rings. The number of pyridine rings is 1. The topological polar surface area (TPSA) is 170 Å². The fourth-order valence-electron chi connectivity index (χ4n) is 2.75. The first kappa shape index (κ1) is 18.3. The Labute approximate surface area is 145 Å². The predicted molar refractivity (Wildman–Crippen MR) is 85.9 cm³/mol. The van der Waals surface area contributed by atoms with Crippen LogP contribution in [0.1, 0.15) is 10.5 Å². The fraction of sp³-hybridized carbons (Fsp3) is 0.375. The molecule has 0 spiro atoms. The maximum atomic E-state index is 12.1. The standard InChI is InChI=1S/C16H17NO9/c18-5-10-12(20)13(21)14(22)16(26-10)25-9-3-1-2-6-8(19)4-7(15(23)24)17-11(6)9/h1-4,10,12-14,16,18,20-22H,5H2,(H,17,19)(H,23,24)/t10-,12-,13+,14-,16-/m1/s1. The van der Waals surface area contributed by atoms with Gasteiger partial charge in [0.05, 0.1) is 12.1 Å². The second-order valence-electron chi connectivity index (χ2n) is 5.85. The van der Waals surface area contributed by atoms with Crippen LogP contribution in [0.2, 0.25) is 0 Å². The highest BCUT2D eigenvalue weighted by Crippen LogP contribution is 2.28. The van der Waals surface area contributed by atoms with Gasteiger partial charge in [0.1, 0.15) is 35.9 Å². The van der Waals surface area contributed by atoms with Crippen LogP contribution in [0, 0.1) is 0 Å². The average molecular weight is 367 g/mol. The monoisotopic (exact) mass is 367 g/mol. The molecule has 26 heavy (non-hydrogen) atoms. The van der Waals surface area contributed by atoms with Gasteiger partial charge in [-0.15, -0.1) is 0 Å². The van der Waals surface area contributed by atoms with E-state index in [-0.39, 0.29) is 22.3 Å². The molecule has 2 aromatic rings. The molecule has 1 fully saturated rings. The van der Waals surface area contributed by atoms with Crippen molar-refractivity contribution in [1.82, 2.24) is 4.98 Å². The molecular formula is C16H17NO9. The first-order valence-electron chi connectivity index (χ1n) is 7.70. The van der Waals surface area contributed by atoms with E-state index in [9.17, 15) is 30.0 Å². The van der Waals surface area contributed by atoms with Crippen molar-refractivity contribution < 1.29 is 39.8 Å². The van der Waals surface area contributed by atoms with E-state index in [4.69, 9.17) is 14.6 Å². The fourth-order valence-corrected chi connectivity index (χ4v) is 2.75. The van der Waals surface area contributed by atoms with Crippen LogP contribution in [0.15, 0.2) is 29.1 Å². The van der Waals surface area contributed by atoms with Gasteiger partial charge in [-0.1, -0.05) is 6.07 Å². The average Bonchev–Trinajstić information content (AvgIpc) is 2.62. The van der Waals surface area contributed by atoms with Gasteiger partial charge in [0.15, 0.2) is 5.43 Å². The second-order valence-corrected chi connectivity index (χ2v) is 5.85. The van der Waals surface area contributed by atoms with Crippen molar-refractivity contribution in [3.63, 3.8) is 0 Å². The molecule has 0 saturated carbocycles. The highest BCUT2D eigenvalue weighted by molar-refractivity contribution is 5.91. The number of benzene rings is 1. The molecule has 0 aliphatic carbocycles. The lowest BCUT2D eigenvalue weighted by molar-refractivity contribution is -0.277. The van der Waals surface area contributed by atoms with Crippen molar-refractivity contribution >= 4 is 16.9 Å². The molecule has 1 aromatic carbocycles. The number of fused-ring (bicyclic) bond motifs is 1. The molecule has 140 valence electrons. The van der Waals surface area contributed by atoms with E-state index >= 15 is 0 Å². The minimum Gasteiger partial charge on any atom is -0.477 e. The third-order valence-corrected chi connectivity index (χ3v) is 4.15. The molecule has 0 bridgehead atoms. The molecule has 2 heterocycles. The Morgan fingerprint density at radius 3 is 2.58 bits per heavy atom. The summed E-state index contributed by atoms with van der Waals surface area (Å²) in [6.45, 7) is -0.625. The highest BCUT2D eigenvalue weighted by Gasteiger charge is 2.44. The maximum absolute atomic E-state index is 12.1. The van der Waals surface area contributed by atoms with E-state index in [0.29, 0.717) is 0 Å². The first-order chi connectivity index (χ1) is 12.3. The number of carboxylic acid groups (broad SMARTS) is 1. The molecule has 6 N–H and O–H groups in total. The normalized spacial score (nSPS) is 28.8. The molecule has 0 amide bonds. The number of carboxylic acids is 1. The van der Waals surface area contributed by atoms with Gasteiger partial charge in [0, 0.05) is 11.5 Å². The van der Waals surface area contributed by atoms with Crippen LogP contribution in [0.3, 0.4) is 0 Å². The van der Waals surface area contributed by atoms with E-state index in [2.05, 4.69) is 4.98 Å². The summed E-state index contributed by atoms with van der Waals surface area (Å²) >= 11 is 0. The van der Waals surface area contributed by atoms with Crippen molar-refractivity contribution in [2.24, 2.45) is 0 Å². The second kappa shape index (κ2) is 7.02. The Balaban J connectivity index is 2.00. The Morgan fingerprint density at radius 1 is 1.19 bits per heavy atom. The van der Waals surface area contributed by atoms with Gasteiger partial charge in [-0.3, -0.25) is 4.79 Å². The number of nitrogens with one attached hydrogen (secondary N) is 1. The van der Waals surface area contributed by atoms with Crippen LogP contribution in [0.4, 0.5) is 0 Å². The number of H-pyrrole nitrogens is 1. The zero-order chi connectivity index (χ0) is 19.0. The Morgan fingerprint density at radius 2 is 1.92 bits per heavy atom. The van der Waals surface area contributed by atoms with Crippen LogP contribution < -0.4 is 10.2 Å². The highest BCUT2D eigenvalue weighted by atomic mass is 16.7. The van der Waals surface area contributed by atoms with Gasteiger partial charge in [0.25, 0.3) is 0 Å². The number of aliphatic hydroxyl groups is 4. The lowest BCUT2D eigenvalue weighted by Gasteiger charge is -2.39. The van der Waals surface area contributed by atoms with E-state index in [0.717, 1.165) is 6.07 Å². The predicted octanol–water partition coefficient (Wildman–Crippen LogP) is -1.60. The van der Waals surface area contributed by atoms with E-state index in [1.54, 1.807) is 0 Å². The number of para-hydroxylation sites is 1. The molecule has 5 atom stereocenters. The van der Waals surface area contributed by atoms with Gasteiger partial charge in [-0.2, -0.15) is 0 Å². The first-order valence-corrected chi connectivity index (χ1v) is 7.70. The van der Waals surface area contributed by atoms with Gasteiger partial charge in [0.2, 0.25) is 6.29 Å². The molecule has 10 heteroatoms. The molecular weight excluding hydrogens is 350 g/mol. The number of hydrogen-bond acceptors (Lipinski definition) is 8. The number of aromatic carboxylic acids is 1. The maximum Gasteiger partial charge on any atom is 0.352 e. The molecule has 1 aliphatic heterocycles. The summed E-state index contributed by atoms with van der Waals surface area (Å²) < 4.78 is 10.8. The summed E-state index contributed by atoms with van der Waals surface area (Å²) in [5, 5.41) is 48.1. The Kier molecular flexibility index (Phi) is 4.94. The minimum absolute atomic E-state index is 0.00738. The number of ether oxygens (including phenoxy) is 2. The smallest absolute Gasteiger partial charge is 0.352 e. The van der Waals surface area contributed by atoms with Crippen LogP contribution in [-0.2, 0) is 4.74 Å². The van der Waals surface area contributed by atoms with Crippen molar-refractivity contribution in [3.8, 4) is 5.75 Å². The van der Waals surface area contributed by atoms with Crippen LogP contribution in [-0.4, -0.2) is 73.8 Å². The number of hydrogen-bond donors (Lipinski definition) is 6. The summed E-state index contributed by atoms with van der Waals surface area (Å²) in [7, 11) is 0. The number of aromatic nitrogens is 1. The number of aliphatic hydroxyl groups excluding tert-OH is 4. The lowest BCUT2D eigenvalue weighted by atomic mass is 9.99. The summed E-state index contributed by atoms with van der Waals surface area (Å²) in [5.41, 5.74) is -0.836. The molecule has 10 nitrogen and oxygen atoms in total. The van der Waals surface area contributed by atoms with Crippen LogP contribution >= 0.6 is 0 Å². The summed E-state index contributed by atoms with van der Waals surface area (Å²) in [6.07, 6.45) is -7.44. The Bertz CT molecular complexity index is 878. The van der Waals surface area contributed by atoms with Crippen molar-refractivity contribution in [3.05, 3.63) is 40.2 Å². The third kappa shape index (κ3) is 3.16. The number of aromatic amines is 1. The molecule has 1 aromatic heterocycles. The third-order valence-electron chi connectivity index (χ3n) is 4.15. The minimum atomic E-state index is -1.64. The number of carbonyl (C=O) groups is 1. The summed E-state index contributed by atoms with van der Waals surface area (Å²) in [6, 6.07) is 5.28. The molecule has 0 radical (unpaired) electrons.